The smallest absolute Gasteiger partial charge is 0.321 e. The van der Waals surface area contributed by atoms with Crippen molar-refractivity contribution in [1.29, 1.82) is 0 Å². The number of hydrogen-bond acceptors (Lipinski definition) is 5. The number of urea groups is 1. The molecule has 1 aromatic carbocycles. The van der Waals surface area contributed by atoms with Gasteiger partial charge in [-0.25, -0.2) is 4.79 Å². The Hall–Kier alpha value is -2.84. The molecule has 0 spiro atoms. The molecule has 0 aromatic heterocycles. The normalized spacial score (nSPS) is 11.4. The predicted molar refractivity (Wildman–Crippen MR) is 78.1 cm³/mol. The van der Waals surface area contributed by atoms with Gasteiger partial charge in [0.25, 0.3) is 5.69 Å². The van der Waals surface area contributed by atoms with Crippen LogP contribution in [-0.2, 0) is 4.79 Å². The van der Waals surface area contributed by atoms with Crippen LogP contribution in [-0.4, -0.2) is 47.6 Å². The number of carboxylic acid groups (broad SMARTS) is 1. The van der Waals surface area contributed by atoms with E-state index in [-0.39, 0.29) is 23.7 Å². The van der Waals surface area contributed by atoms with Crippen LogP contribution < -0.4 is 10.1 Å². The molecule has 2 amide bonds. The van der Waals surface area contributed by atoms with Crippen molar-refractivity contribution in [2.75, 3.05) is 26.0 Å². The van der Waals surface area contributed by atoms with E-state index in [1.165, 1.54) is 44.2 Å². The lowest BCUT2D eigenvalue weighted by Crippen LogP contribution is -2.36. The fourth-order valence-corrected chi connectivity index (χ4v) is 1.68. The molecular weight excluding hydrogens is 294 g/mol. The highest BCUT2D eigenvalue weighted by atomic mass is 16.6. The number of non-ortho nitro benzene ring substituents is 1. The summed E-state index contributed by atoms with van der Waals surface area (Å²) >= 11 is 0. The minimum atomic E-state index is -1.01. The fraction of sp³-hybridized carbons (Fsp3) is 0.385. The number of nitro groups is 1. The van der Waals surface area contributed by atoms with E-state index in [4.69, 9.17) is 9.84 Å². The van der Waals surface area contributed by atoms with E-state index in [2.05, 4.69) is 5.32 Å². The third kappa shape index (κ3) is 4.33. The highest BCUT2D eigenvalue weighted by Crippen LogP contribution is 2.29. The highest BCUT2D eigenvalue weighted by molar-refractivity contribution is 5.91. The lowest BCUT2D eigenvalue weighted by atomic mass is 10.2. The standard InChI is InChI=1S/C13H17N3O6/c1-8(12(17)18)7-15(2)13(19)14-10-5-4-9(16(20)21)6-11(10)22-3/h4-6,8H,7H2,1-3H3,(H,14,19)(H,17,18). The van der Waals surface area contributed by atoms with Crippen molar-refractivity contribution in [3.05, 3.63) is 28.3 Å². The second-order valence-electron chi connectivity index (χ2n) is 4.69. The van der Waals surface area contributed by atoms with Crippen molar-refractivity contribution in [1.82, 2.24) is 4.90 Å². The van der Waals surface area contributed by atoms with Crippen LogP contribution in [0.3, 0.4) is 0 Å². The minimum Gasteiger partial charge on any atom is -0.494 e. The number of hydrogen-bond donors (Lipinski definition) is 2. The van der Waals surface area contributed by atoms with Crippen LogP contribution in [0.1, 0.15) is 6.92 Å². The van der Waals surface area contributed by atoms with Gasteiger partial charge in [0.1, 0.15) is 5.75 Å². The zero-order chi connectivity index (χ0) is 16.9. The number of nitrogens with zero attached hydrogens (tertiary/aromatic N) is 2. The summed E-state index contributed by atoms with van der Waals surface area (Å²) < 4.78 is 5.00. The van der Waals surface area contributed by atoms with Crippen LogP contribution in [0.2, 0.25) is 0 Å². The summed E-state index contributed by atoms with van der Waals surface area (Å²) in [4.78, 5) is 34.1. The van der Waals surface area contributed by atoms with Gasteiger partial charge in [0.2, 0.25) is 0 Å². The molecule has 0 bridgehead atoms. The Balaban J connectivity index is 2.83. The molecule has 0 aliphatic heterocycles. The molecule has 1 atom stereocenters. The minimum absolute atomic E-state index is 0.0243. The molecule has 1 unspecified atom stereocenters. The Kier molecular flexibility index (Phi) is 5.67. The number of methoxy groups -OCH3 is 1. The monoisotopic (exact) mass is 311 g/mol. The Labute approximate surface area is 126 Å². The van der Waals surface area contributed by atoms with E-state index in [0.717, 1.165) is 0 Å². The van der Waals surface area contributed by atoms with Crippen molar-refractivity contribution < 1.29 is 24.4 Å². The summed E-state index contributed by atoms with van der Waals surface area (Å²) in [5, 5.41) is 22.0. The number of nitro benzene ring substituents is 1. The zero-order valence-electron chi connectivity index (χ0n) is 12.4. The number of anilines is 1. The van der Waals surface area contributed by atoms with E-state index in [0.29, 0.717) is 0 Å². The largest absolute Gasteiger partial charge is 0.494 e. The summed E-state index contributed by atoms with van der Waals surface area (Å²) in [6.07, 6.45) is 0. The number of aliphatic carboxylic acids is 1. The Morgan fingerprint density at radius 2 is 2.14 bits per heavy atom. The molecule has 0 fully saturated rings. The van der Waals surface area contributed by atoms with Crippen molar-refractivity contribution in [2.24, 2.45) is 5.92 Å². The molecule has 1 aromatic rings. The van der Waals surface area contributed by atoms with Crippen molar-refractivity contribution in [3.8, 4) is 5.75 Å². The summed E-state index contributed by atoms with van der Waals surface area (Å²) in [5.41, 5.74) is 0.0932. The number of carbonyl (C=O) groups is 2. The van der Waals surface area contributed by atoms with Gasteiger partial charge in [-0.1, -0.05) is 6.92 Å². The number of carboxylic acids is 1. The first-order valence-electron chi connectivity index (χ1n) is 6.33. The van der Waals surface area contributed by atoms with Gasteiger partial charge in [0, 0.05) is 19.7 Å². The summed E-state index contributed by atoms with van der Waals surface area (Å²) in [6, 6.07) is 3.23. The van der Waals surface area contributed by atoms with Crippen molar-refractivity contribution in [2.45, 2.75) is 6.92 Å². The van der Waals surface area contributed by atoms with Gasteiger partial charge < -0.3 is 20.1 Å². The predicted octanol–water partition coefficient (Wildman–Crippen LogP) is 1.79. The van der Waals surface area contributed by atoms with E-state index in [9.17, 15) is 19.7 Å². The van der Waals surface area contributed by atoms with Gasteiger partial charge in [-0.05, 0) is 6.07 Å². The maximum Gasteiger partial charge on any atom is 0.321 e. The fourth-order valence-electron chi connectivity index (χ4n) is 1.68. The van der Waals surface area contributed by atoms with Gasteiger partial charge in [-0.2, -0.15) is 0 Å². The molecule has 1 rings (SSSR count). The van der Waals surface area contributed by atoms with E-state index in [1.54, 1.807) is 0 Å². The number of nitrogens with one attached hydrogen (secondary N) is 1. The Bertz CT molecular complexity index is 589. The quantitative estimate of drug-likeness (QED) is 0.610. The molecule has 22 heavy (non-hydrogen) atoms. The van der Waals surface area contributed by atoms with E-state index in [1.807, 2.05) is 0 Å². The third-order valence-electron chi connectivity index (χ3n) is 2.95. The topological polar surface area (TPSA) is 122 Å². The summed E-state index contributed by atoms with van der Waals surface area (Å²) in [5.74, 6) is -1.58. The summed E-state index contributed by atoms with van der Waals surface area (Å²) in [7, 11) is 2.78. The molecule has 120 valence electrons. The van der Waals surface area contributed by atoms with Gasteiger partial charge in [0.15, 0.2) is 0 Å². The molecule has 9 nitrogen and oxygen atoms in total. The molecule has 0 aliphatic carbocycles. The number of ether oxygens (including phenoxy) is 1. The maximum absolute atomic E-state index is 12.0. The lowest BCUT2D eigenvalue weighted by Gasteiger charge is -2.20. The van der Waals surface area contributed by atoms with Crippen LogP contribution in [0.25, 0.3) is 0 Å². The number of carbonyl (C=O) groups excluding carboxylic acids is 1. The maximum atomic E-state index is 12.0. The van der Waals surface area contributed by atoms with Crippen LogP contribution in [0.5, 0.6) is 5.75 Å². The van der Waals surface area contributed by atoms with Crippen LogP contribution in [0.15, 0.2) is 18.2 Å². The van der Waals surface area contributed by atoms with Gasteiger partial charge >= 0.3 is 12.0 Å². The third-order valence-corrected chi connectivity index (χ3v) is 2.95. The van der Waals surface area contributed by atoms with Gasteiger partial charge in [0.05, 0.1) is 29.7 Å². The molecule has 0 radical (unpaired) electrons. The highest BCUT2D eigenvalue weighted by Gasteiger charge is 2.19. The molecular formula is C13H17N3O6. The summed E-state index contributed by atoms with van der Waals surface area (Å²) in [6.45, 7) is 1.51. The van der Waals surface area contributed by atoms with Crippen LogP contribution in [0.4, 0.5) is 16.2 Å². The average molecular weight is 311 g/mol. The van der Waals surface area contributed by atoms with Crippen molar-refractivity contribution >= 4 is 23.4 Å². The molecule has 9 heteroatoms. The van der Waals surface area contributed by atoms with Crippen LogP contribution >= 0.6 is 0 Å². The van der Waals surface area contributed by atoms with E-state index < -0.39 is 22.8 Å². The lowest BCUT2D eigenvalue weighted by molar-refractivity contribution is -0.384. The zero-order valence-corrected chi connectivity index (χ0v) is 12.4. The number of amides is 2. The Morgan fingerprint density at radius 3 is 2.64 bits per heavy atom. The second kappa shape index (κ2) is 7.25. The molecule has 0 aliphatic rings. The molecule has 0 heterocycles. The van der Waals surface area contributed by atoms with Crippen LogP contribution in [0, 0.1) is 16.0 Å². The van der Waals surface area contributed by atoms with Gasteiger partial charge in [-0.15, -0.1) is 0 Å². The first-order chi connectivity index (χ1) is 10.3. The molecule has 0 saturated carbocycles. The number of benzene rings is 1. The SMILES string of the molecule is COc1cc([N+](=O)[O-])ccc1NC(=O)N(C)CC(C)C(=O)O. The molecule has 2 N–H and O–H groups in total. The Morgan fingerprint density at radius 1 is 1.50 bits per heavy atom. The second-order valence-corrected chi connectivity index (χ2v) is 4.69. The van der Waals surface area contributed by atoms with E-state index >= 15 is 0 Å². The van der Waals surface area contributed by atoms with Crippen molar-refractivity contribution in [3.63, 3.8) is 0 Å². The van der Waals surface area contributed by atoms with Gasteiger partial charge in [-0.3, -0.25) is 14.9 Å². The average Bonchev–Trinajstić information content (AvgIpc) is 2.46. The first kappa shape index (κ1) is 17.2. The number of rotatable bonds is 6. The molecule has 0 saturated heterocycles. The first-order valence-corrected chi connectivity index (χ1v) is 6.33.